The monoisotopic (exact) mass is 333 g/mol. The highest BCUT2D eigenvalue weighted by Gasteiger charge is 2.04. The molecule has 1 heterocycles. The summed E-state index contributed by atoms with van der Waals surface area (Å²) < 4.78 is 17.6. The summed E-state index contributed by atoms with van der Waals surface area (Å²) in [5.41, 5.74) is 1.83. The van der Waals surface area contributed by atoms with Crippen LogP contribution in [0.25, 0.3) is 6.08 Å². The Morgan fingerprint density at radius 2 is 2.00 bits per heavy atom. The summed E-state index contributed by atoms with van der Waals surface area (Å²) in [4.78, 5) is 23.0. The molecule has 6 heteroatoms. The van der Waals surface area contributed by atoms with Crippen molar-refractivity contribution in [3.63, 3.8) is 0 Å². The Morgan fingerprint density at radius 1 is 1.22 bits per heavy atom. The molecule has 0 saturated carbocycles. The van der Waals surface area contributed by atoms with Crippen molar-refractivity contribution < 1.29 is 18.7 Å². The van der Waals surface area contributed by atoms with Gasteiger partial charge in [0.2, 0.25) is 0 Å². The van der Waals surface area contributed by atoms with Gasteiger partial charge in [-0.1, -0.05) is 12.1 Å². The van der Waals surface area contributed by atoms with Crippen molar-refractivity contribution in [2.24, 2.45) is 0 Å². The first kappa shape index (κ1) is 16.9. The Labute approximate surface area is 137 Å². The van der Waals surface area contributed by atoms with Gasteiger partial charge < -0.3 is 10.1 Å². The fraction of sp³-hybridized carbons (Fsp3) is 0.176. The van der Waals surface area contributed by atoms with E-state index < -0.39 is 5.97 Å². The summed E-state index contributed by atoms with van der Waals surface area (Å²) in [5, 5.41) is 6.44. The van der Waals surface area contributed by atoms with Crippen molar-refractivity contribution in [1.29, 1.82) is 0 Å². The predicted molar refractivity (Wildman–Crippen MR) is 87.4 cm³/mol. The van der Waals surface area contributed by atoms with E-state index >= 15 is 0 Å². The van der Waals surface area contributed by atoms with Crippen LogP contribution < -0.4 is 5.32 Å². The smallest absolute Gasteiger partial charge is 0.331 e. The molecule has 0 aliphatic carbocycles. The number of esters is 1. The van der Waals surface area contributed by atoms with Crippen LogP contribution in [0.5, 0.6) is 0 Å². The molecule has 1 aromatic carbocycles. The Bertz CT molecular complexity index is 666. The van der Waals surface area contributed by atoms with Crippen LogP contribution in [0.15, 0.2) is 47.2 Å². The summed E-state index contributed by atoms with van der Waals surface area (Å²) in [5.74, 6) is -1.23. The molecule has 0 radical (unpaired) electrons. The van der Waals surface area contributed by atoms with E-state index in [4.69, 9.17) is 4.74 Å². The van der Waals surface area contributed by atoms with Gasteiger partial charge in [-0.3, -0.25) is 4.79 Å². The second-order valence-corrected chi connectivity index (χ2v) is 5.50. The predicted octanol–water partition coefficient (Wildman–Crippen LogP) is 2.80. The summed E-state index contributed by atoms with van der Waals surface area (Å²) in [7, 11) is 0. The first-order chi connectivity index (χ1) is 11.1. The van der Waals surface area contributed by atoms with Gasteiger partial charge in [-0.2, -0.15) is 11.3 Å². The molecule has 1 amide bonds. The Hall–Kier alpha value is -2.47. The molecule has 0 aliphatic rings. The molecule has 0 bridgehead atoms. The molecule has 0 saturated heterocycles. The van der Waals surface area contributed by atoms with E-state index in [1.54, 1.807) is 18.2 Å². The number of amides is 1. The summed E-state index contributed by atoms with van der Waals surface area (Å²) >= 11 is 1.53. The summed E-state index contributed by atoms with van der Waals surface area (Å²) in [6, 6.07) is 7.95. The highest BCUT2D eigenvalue weighted by molar-refractivity contribution is 7.08. The van der Waals surface area contributed by atoms with Crippen molar-refractivity contribution in [2.45, 2.75) is 6.42 Å². The second-order valence-electron chi connectivity index (χ2n) is 4.72. The highest BCUT2D eigenvalue weighted by atomic mass is 32.1. The topological polar surface area (TPSA) is 55.4 Å². The number of rotatable bonds is 7. The lowest BCUT2D eigenvalue weighted by molar-refractivity contribution is -0.143. The van der Waals surface area contributed by atoms with Gasteiger partial charge in [-0.15, -0.1) is 0 Å². The molecule has 1 N–H and O–H groups in total. The number of carbonyl (C=O) groups is 2. The molecule has 0 fully saturated rings. The second kappa shape index (κ2) is 8.85. The van der Waals surface area contributed by atoms with Crippen molar-refractivity contribution in [1.82, 2.24) is 5.32 Å². The maximum Gasteiger partial charge on any atom is 0.331 e. The van der Waals surface area contributed by atoms with Gasteiger partial charge in [0, 0.05) is 12.6 Å². The molecule has 120 valence electrons. The number of hydrogen-bond acceptors (Lipinski definition) is 4. The largest absolute Gasteiger partial charge is 0.452 e. The minimum Gasteiger partial charge on any atom is -0.452 e. The first-order valence-electron chi connectivity index (χ1n) is 7.01. The van der Waals surface area contributed by atoms with Crippen molar-refractivity contribution >= 4 is 29.3 Å². The van der Waals surface area contributed by atoms with Crippen LogP contribution in [0.1, 0.15) is 11.1 Å². The zero-order valence-corrected chi connectivity index (χ0v) is 13.1. The number of halogens is 1. The highest BCUT2D eigenvalue weighted by Crippen LogP contribution is 2.07. The lowest BCUT2D eigenvalue weighted by atomic mass is 10.1. The molecule has 0 spiro atoms. The van der Waals surface area contributed by atoms with E-state index in [2.05, 4.69) is 5.32 Å². The SMILES string of the molecule is O=C(COC(=O)/C=C/c1ccsc1)NCCc1ccc(F)cc1. The number of hydrogen-bond donors (Lipinski definition) is 1. The number of nitrogens with one attached hydrogen (secondary N) is 1. The van der Waals surface area contributed by atoms with Gasteiger partial charge in [0.15, 0.2) is 6.61 Å². The minimum atomic E-state index is -0.565. The Kier molecular flexibility index (Phi) is 6.50. The fourth-order valence-electron chi connectivity index (χ4n) is 1.77. The van der Waals surface area contributed by atoms with Crippen molar-refractivity contribution in [2.75, 3.05) is 13.2 Å². The van der Waals surface area contributed by atoms with Crippen LogP contribution in [0.2, 0.25) is 0 Å². The van der Waals surface area contributed by atoms with E-state index in [-0.39, 0.29) is 18.3 Å². The first-order valence-corrected chi connectivity index (χ1v) is 7.96. The molecule has 4 nitrogen and oxygen atoms in total. The maximum absolute atomic E-state index is 12.7. The molecule has 23 heavy (non-hydrogen) atoms. The molecule has 0 atom stereocenters. The molecular formula is C17H16FNO3S. The van der Waals surface area contributed by atoms with E-state index in [1.807, 2.05) is 16.8 Å². The minimum absolute atomic E-state index is 0.291. The molecule has 0 aliphatic heterocycles. The van der Waals surface area contributed by atoms with E-state index in [1.165, 1.54) is 29.5 Å². The van der Waals surface area contributed by atoms with E-state index in [0.29, 0.717) is 13.0 Å². The van der Waals surface area contributed by atoms with Gasteiger partial charge in [-0.05, 0) is 52.6 Å². The summed E-state index contributed by atoms with van der Waals surface area (Å²) in [6.07, 6.45) is 3.50. The van der Waals surface area contributed by atoms with Crippen LogP contribution in [-0.2, 0) is 20.7 Å². The number of thiophene rings is 1. The Morgan fingerprint density at radius 3 is 2.70 bits per heavy atom. The molecule has 2 aromatic rings. The lowest BCUT2D eigenvalue weighted by Gasteiger charge is -2.05. The van der Waals surface area contributed by atoms with Crippen LogP contribution in [0.3, 0.4) is 0 Å². The zero-order valence-electron chi connectivity index (χ0n) is 12.3. The number of ether oxygens (including phenoxy) is 1. The van der Waals surface area contributed by atoms with Gasteiger partial charge in [0.1, 0.15) is 5.82 Å². The third kappa shape index (κ3) is 6.44. The third-order valence-electron chi connectivity index (χ3n) is 2.95. The number of carbonyl (C=O) groups excluding carboxylic acids is 2. The van der Waals surface area contributed by atoms with Crippen molar-refractivity contribution in [3.05, 3.63) is 64.1 Å². The third-order valence-corrected chi connectivity index (χ3v) is 3.65. The van der Waals surface area contributed by atoms with Crippen molar-refractivity contribution in [3.8, 4) is 0 Å². The van der Waals surface area contributed by atoms with Crippen LogP contribution in [-0.4, -0.2) is 25.0 Å². The average Bonchev–Trinajstić information content (AvgIpc) is 3.06. The molecular weight excluding hydrogens is 317 g/mol. The quantitative estimate of drug-likeness (QED) is 0.626. The zero-order chi connectivity index (χ0) is 16.5. The standard InChI is InChI=1S/C17H16FNO3S/c18-15-4-1-13(2-5-15)7-9-19-16(20)11-22-17(21)6-3-14-8-10-23-12-14/h1-6,8,10,12H,7,9,11H2,(H,19,20)/b6-3+. The van der Waals surface area contributed by atoms with Crippen LogP contribution in [0.4, 0.5) is 4.39 Å². The van der Waals surface area contributed by atoms with Gasteiger partial charge in [0.05, 0.1) is 0 Å². The van der Waals surface area contributed by atoms with Gasteiger partial charge in [-0.25, -0.2) is 9.18 Å². The normalized spacial score (nSPS) is 10.7. The van der Waals surface area contributed by atoms with E-state index in [9.17, 15) is 14.0 Å². The maximum atomic E-state index is 12.7. The van der Waals surface area contributed by atoms with E-state index in [0.717, 1.165) is 11.1 Å². The summed E-state index contributed by atoms with van der Waals surface area (Å²) in [6.45, 7) is 0.0724. The Balaban J connectivity index is 1.63. The molecule has 0 unspecified atom stereocenters. The van der Waals surface area contributed by atoms with Gasteiger partial charge in [0.25, 0.3) is 5.91 Å². The van der Waals surface area contributed by atoms with Crippen LogP contribution >= 0.6 is 11.3 Å². The number of benzene rings is 1. The average molecular weight is 333 g/mol. The lowest BCUT2D eigenvalue weighted by Crippen LogP contribution is -2.30. The van der Waals surface area contributed by atoms with Gasteiger partial charge >= 0.3 is 5.97 Å². The molecule has 1 aromatic heterocycles. The van der Waals surface area contributed by atoms with Crippen LogP contribution in [0, 0.1) is 5.82 Å². The molecule has 2 rings (SSSR count). The fourth-order valence-corrected chi connectivity index (χ4v) is 2.40.